The van der Waals surface area contributed by atoms with Crippen molar-refractivity contribution in [2.45, 2.75) is 19.3 Å². The number of nitrogens with zero attached hydrogens (tertiary/aromatic N) is 5. The van der Waals surface area contributed by atoms with Gasteiger partial charge in [-0.15, -0.1) is 0 Å². The van der Waals surface area contributed by atoms with E-state index in [2.05, 4.69) is 21.8 Å². The molecule has 1 saturated heterocycles. The second-order valence-corrected chi connectivity index (χ2v) is 8.64. The highest BCUT2D eigenvalue weighted by molar-refractivity contribution is 6.32. The Kier molecular flexibility index (Phi) is 6.36. The minimum atomic E-state index is -0.169. The molecule has 1 fully saturated rings. The first-order valence-electron chi connectivity index (χ1n) is 11.3. The van der Waals surface area contributed by atoms with Gasteiger partial charge in [0.1, 0.15) is 17.3 Å². The Morgan fingerprint density at radius 2 is 2.03 bits per heavy atom. The molecule has 4 heterocycles. The fourth-order valence-corrected chi connectivity index (χ4v) is 4.56. The molecule has 182 valence electrons. The van der Waals surface area contributed by atoms with Crippen molar-refractivity contribution in [2.75, 3.05) is 25.9 Å². The number of benzene rings is 1. The normalized spacial score (nSPS) is 15.0. The van der Waals surface area contributed by atoms with Crippen LogP contribution < -0.4 is 15.2 Å². The number of fused-ring (bicyclic) bond motifs is 1. The van der Waals surface area contributed by atoms with Crippen LogP contribution in [-0.2, 0) is 4.79 Å². The lowest BCUT2D eigenvalue weighted by molar-refractivity contribution is -0.124. The van der Waals surface area contributed by atoms with E-state index in [0.717, 1.165) is 23.2 Å². The maximum absolute atomic E-state index is 12.3. The fraction of sp³-hybridized carbons (Fsp3) is 0.231. The van der Waals surface area contributed by atoms with Crippen LogP contribution in [0.5, 0.6) is 17.4 Å². The molecule has 0 radical (unpaired) electrons. The Bertz CT molecular complexity index is 1520. The number of rotatable bonds is 5. The van der Waals surface area contributed by atoms with E-state index >= 15 is 0 Å². The molecular weight excluding hydrogens is 480 g/mol. The number of carbonyl (C=O) groups is 1. The molecule has 2 N–H and O–H groups in total. The van der Waals surface area contributed by atoms with Gasteiger partial charge in [0, 0.05) is 43.0 Å². The van der Waals surface area contributed by atoms with Crippen molar-refractivity contribution in [3.63, 3.8) is 0 Å². The maximum Gasteiger partial charge on any atom is 0.298 e. The molecule has 36 heavy (non-hydrogen) atoms. The fourth-order valence-electron chi connectivity index (χ4n) is 4.34. The average Bonchev–Trinajstić information content (AvgIpc) is 3.52. The minimum Gasteiger partial charge on any atom is -0.497 e. The number of halogens is 1. The number of anilines is 1. The molecule has 5 rings (SSSR count). The van der Waals surface area contributed by atoms with Gasteiger partial charge in [-0.3, -0.25) is 9.20 Å². The van der Waals surface area contributed by atoms with Crippen LogP contribution in [0.3, 0.4) is 0 Å². The van der Waals surface area contributed by atoms with E-state index in [-0.39, 0.29) is 11.8 Å². The second-order valence-electron chi connectivity index (χ2n) is 8.24. The highest BCUT2D eigenvalue weighted by Gasteiger charge is 2.31. The molecule has 0 spiro atoms. The van der Waals surface area contributed by atoms with Crippen LogP contribution >= 0.6 is 11.6 Å². The van der Waals surface area contributed by atoms with Gasteiger partial charge in [-0.05, 0) is 49.6 Å². The lowest BCUT2D eigenvalue weighted by atomic mass is 10.0. The van der Waals surface area contributed by atoms with E-state index in [0.29, 0.717) is 47.3 Å². The van der Waals surface area contributed by atoms with Crippen molar-refractivity contribution in [3.05, 3.63) is 59.5 Å². The second kappa shape index (κ2) is 9.76. The first-order chi connectivity index (χ1) is 17.5. The number of carbonyl (C=O) groups excluding carboxylic acids is 1. The Hall–Kier alpha value is -4.29. The van der Waals surface area contributed by atoms with Crippen LogP contribution in [0.15, 0.2) is 48.8 Å². The summed E-state index contributed by atoms with van der Waals surface area (Å²) in [5.41, 5.74) is 8.72. The van der Waals surface area contributed by atoms with Gasteiger partial charge in [0.2, 0.25) is 11.8 Å². The Labute approximate surface area is 212 Å². The molecule has 1 aliphatic heterocycles. The van der Waals surface area contributed by atoms with Crippen LogP contribution in [-0.4, -0.2) is 50.4 Å². The molecule has 10 heteroatoms. The highest BCUT2D eigenvalue weighted by Crippen LogP contribution is 2.37. The third kappa shape index (κ3) is 4.39. The molecule has 1 atom stereocenters. The summed E-state index contributed by atoms with van der Waals surface area (Å²) in [6.07, 6.45) is 4.04. The number of aromatic nitrogens is 4. The standard InChI is InChI=1S/C26H23ClN6O3/c1-3-4-23(34)32-12-9-17(15-32)24-20-8-11-30-26(28)33(20)25(31-24)16-5-6-21(19(27)13-16)36-22-14-18(35-2)7-10-29-22/h5-8,10-11,13-14,17H,9,12,15H2,1-2H3,(H2,28,30). The van der Waals surface area contributed by atoms with E-state index in [1.54, 1.807) is 55.6 Å². The van der Waals surface area contributed by atoms with Gasteiger partial charge in [-0.2, -0.15) is 0 Å². The summed E-state index contributed by atoms with van der Waals surface area (Å²) in [4.78, 5) is 27.4. The smallest absolute Gasteiger partial charge is 0.298 e. The van der Waals surface area contributed by atoms with Crippen molar-refractivity contribution >= 4 is 29.0 Å². The van der Waals surface area contributed by atoms with Gasteiger partial charge in [-0.25, -0.2) is 15.0 Å². The van der Waals surface area contributed by atoms with Gasteiger partial charge in [-0.1, -0.05) is 17.5 Å². The van der Waals surface area contributed by atoms with Crippen molar-refractivity contribution in [3.8, 4) is 40.6 Å². The summed E-state index contributed by atoms with van der Waals surface area (Å²) >= 11 is 6.59. The lowest BCUT2D eigenvalue weighted by Gasteiger charge is -2.12. The van der Waals surface area contributed by atoms with Gasteiger partial charge in [0.15, 0.2) is 0 Å². The summed E-state index contributed by atoms with van der Waals surface area (Å²) in [7, 11) is 1.57. The summed E-state index contributed by atoms with van der Waals surface area (Å²) in [6, 6.07) is 10.7. The van der Waals surface area contributed by atoms with E-state index in [1.807, 2.05) is 16.5 Å². The molecule has 4 aromatic rings. The summed E-state index contributed by atoms with van der Waals surface area (Å²) < 4.78 is 12.9. The number of methoxy groups -OCH3 is 1. The third-order valence-electron chi connectivity index (χ3n) is 6.05. The molecule has 3 aromatic heterocycles. The quantitative estimate of drug-likeness (QED) is 0.408. The SMILES string of the molecule is CC#CC(=O)N1CCC(c2nc(-c3ccc(Oc4cc(OC)ccn4)c(Cl)c3)n3c(N)nccc23)C1. The van der Waals surface area contributed by atoms with Gasteiger partial charge in [0.25, 0.3) is 5.91 Å². The van der Waals surface area contributed by atoms with Crippen LogP contribution in [0.25, 0.3) is 16.9 Å². The molecule has 1 unspecified atom stereocenters. The first-order valence-corrected chi connectivity index (χ1v) is 11.7. The molecular formula is C26H23ClN6O3. The van der Waals surface area contributed by atoms with E-state index in [9.17, 15) is 4.79 Å². The Morgan fingerprint density at radius 1 is 1.19 bits per heavy atom. The van der Waals surface area contributed by atoms with E-state index < -0.39 is 0 Å². The van der Waals surface area contributed by atoms with Gasteiger partial charge in [0.05, 0.1) is 23.3 Å². The van der Waals surface area contributed by atoms with Crippen LogP contribution in [0.2, 0.25) is 5.02 Å². The van der Waals surface area contributed by atoms with Gasteiger partial charge < -0.3 is 20.1 Å². The third-order valence-corrected chi connectivity index (χ3v) is 6.35. The number of amides is 1. The van der Waals surface area contributed by atoms with Crippen molar-refractivity contribution in [1.29, 1.82) is 0 Å². The predicted octanol–water partition coefficient (Wildman–Crippen LogP) is 4.17. The summed E-state index contributed by atoms with van der Waals surface area (Å²) in [5.74, 6) is 7.51. The zero-order chi connectivity index (χ0) is 25.2. The minimum absolute atomic E-state index is 0.0513. The highest BCUT2D eigenvalue weighted by atomic mass is 35.5. The zero-order valence-corrected chi connectivity index (χ0v) is 20.5. The number of nitrogens with two attached hydrogens (primary N) is 1. The number of ether oxygens (including phenoxy) is 2. The zero-order valence-electron chi connectivity index (χ0n) is 19.7. The number of imidazole rings is 1. The number of nitrogen functional groups attached to an aromatic ring is 1. The topological polar surface area (TPSA) is 108 Å². The lowest BCUT2D eigenvalue weighted by Crippen LogP contribution is -2.26. The predicted molar refractivity (Wildman–Crippen MR) is 136 cm³/mol. The van der Waals surface area contributed by atoms with E-state index in [4.69, 9.17) is 31.8 Å². The van der Waals surface area contributed by atoms with Crippen LogP contribution in [0.4, 0.5) is 5.95 Å². The monoisotopic (exact) mass is 502 g/mol. The van der Waals surface area contributed by atoms with Crippen LogP contribution in [0, 0.1) is 11.8 Å². The number of likely N-dealkylation sites (tertiary alicyclic amines) is 1. The average molecular weight is 503 g/mol. The molecule has 1 aromatic carbocycles. The molecule has 0 saturated carbocycles. The summed E-state index contributed by atoms with van der Waals surface area (Å²) in [5, 5.41) is 0.383. The molecule has 0 aliphatic carbocycles. The van der Waals surface area contributed by atoms with Crippen molar-refractivity contribution in [1.82, 2.24) is 24.3 Å². The molecule has 1 aliphatic rings. The largest absolute Gasteiger partial charge is 0.497 e. The molecule has 9 nitrogen and oxygen atoms in total. The Morgan fingerprint density at radius 3 is 2.81 bits per heavy atom. The number of hydrogen-bond donors (Lipinski definition) is 1. The Balaban J connectivity index is 1.49. The first kappa shape index (κ1) is 23.5. The van der Waals surface area contributed by atoms with Crippen molar-refractivity contribution in [2.24, 2.45) is 0 Å². The number of hydrogen-bond acceptors (Lipinski definition) is 7. The van der Waals surface area contributed by atoms with E-state index in [1.165, 1.54) is 0 Å². The van der Waals surface area contributed by atoms with Crippen molar-refractivity contribution < 1.29 is 14.3 Å². The molecule has 1 amide bonds. The number of pyridine rings is 1. The molecule has 0 bridgehead atoms. The maximum atomic E-state index is 12.3. The summed E-state index contributed by atoms with van der Waals surface area (Å²) in [6.45, 7) is 2.83. The van der Waals surface area contributed by atoms with Crippen LogP contribution in [0.1, 0.15) is 25.0 Å². The van der Waals surface area contributed by atoms with Gasteiger partial charge >= 0.3 is 0 Å².